The minimum Gasteiger partial charge on any atom is -0.496 e. The van der Waals surface area contributed by atoms with Crippen molar-refractivity contribution >= 4 is 12.4 Å². The van der Waals surface area contributed by atoms with Crippen LogP contribution in [0.25, 0.3) is 0 Å². The van der Waals surface area contributed by atoms with Gasteiger partial charge in [-0.3, -0.25) is 5.43 Å². The van der Waals surface area contributed by atoms with E-state index in [-0.39, 0.29) is 12.4 Å². The second kappa shape index (κ2) is 4.64. The maximum absolute atomic E-state index is 5.30. The highest BCUT2D eigenvalue weighted by molar-refractivity contribution is 5.85. The van der Waals surface area contributed by atoms with Crippen molar-refractivity contribution < 1.29 is 4.74 Å². The van der Waals surface area contributed by atoms with Crippen molar-refractivity contribution in [3.8, 4) is 5.75 Å². The van der Waals surface area contributed by atoms with Gasteiger partial charge in [0.25, 0.3) is 0 Å². The molecule has 2 rings (SSSR count). The maximum atomic E-state index is 5.30. The molecule has 0 radical (unpaired) electrons. The molecule has 3 nitrogen and oxygen atoms in total. The van der Waals surface area contributed by atoms with Crippen molar-refractivity contribution in [2.75, 3.05) is 14.2 Å². The molecule has 0 bridgehead atoms. The fraction of sp³-hybridized carbons (Fsp3) is 0.400. The summed E-state index contributed by atoms with van der Waals surface area (Å²) in [6.45, 7) is 1.89. The topological polar surface area (TPSA) is 24.5 Å². The van der Waals surface area contributed by atoms with Crippen molar-refractivity contribution in [2.24, 2.45) is 0 Å². The summed E-state index contributed by atoms with van der Waals surface area (Å²) in [7, 11) is 3.66. The molecule has 0 amide bonds. The molecule has 0 saturated carbocycles. The van der Waals surface area contributed by atoms with Gasteiger partial charge >= 0.3 is 0 Å². The van der Waals surface area contributed by atoms with Crippen molar-refractivity contribution in [1.29, 1.82) is 0 Å². The van der Waals surface area contributed by atoms with Gasteiger partial charge in [-0.2, -0.15) is 0 Å². The molecule has 0 saturated heterocycles. The van der Waals surface area contributed by atoms with Crippen molar-refractivity contribution in [2.45, 2.75) is 13.1 Å². The van der Waals surface area contributed by atoms with Gasteiger partial charge in [0.15, 0.2) is 0 Å². The Hall–Kier alpha value is -0.770. The van der Waals surface area contributed by atoms with Crippen LogP contribution in [0.3, 0.4) is 0 Å². The lowest BCUT2D eigenvalue weighted by Crippen LogP contribution is -2.29. The van der Waals surface area contributed by atoms with Crippen LogP contribution < -0.4 is 10.2 Å². The average Bonchev–Trinajstić information content (AvgIpc) is 2.59. The smallest absolute Gasteiger partial charge is 0.123 e. The minimum absolute atomic E-state index is 0. The van der Waals surface area contributed by atoms with Gasteiger partial charge in [-0.25, -0.2) is 5.01 Å². The number of hydrogen-bond donors (Lipinski definition) is 1. The number of fused-ring (bicyclic) bond motifs is 1. The van der Waals surface area contributed by atoms with Crippen LogP contribution in [0.15, 0.2) is 18.2 Å². The summed E-state index contributed by atoms with van der Waals surface area (Å²) in [6.07, 6.45) is 0. The van der Waals surface area contributed by atoms with E-state index < -0.39 is 0 Å². The van der Waals surface area contributed by atoms with Crippen LogP contribution in [0.4, 0.5) is 0 Å². The summed E-state index contributed by atoms with van der Waals surface area (Å²) in [6, 6.07) is 6.20. The normalized spacial score (nSPS) is 14.7. The van der Waals surface area contributed by atoms with Crippen LogP contribution in [-0.4, -0.2) is 19.2 Å². The number of ether oxygens (including phenoxy) is 1. The molecular weight excluding hydrogens is 200 g/mol. The fourth-order valence-corrected chi connectivity index (χ4v) is 1.74. The monoisotopic (exact) mass is 214 g/mol. The van der Waals surface area contributed by atoms with E-state index >= 15 is 0 Å². The first-order valence-electron chi connectivity index (χ1n) is 4.42. The summed E-state index contributed by atoms with van der Waals surface area (Å²) in [5.74, 6) is 0.996. The molecule has 4 heteroatoms. The lowest BCUT2D eigenvalue weighted by atomic mass is 10.1. The predicted molar refractivity (Wildman–Crippen MR) is 58.5 cm³/mol. The summed E-state index contributed by atoms with van der Waals surface area (Å²) in [5.41, 5.74) is 5.80. The first-order chi connectivity index (χ1) is 6.35. The second-order valence-corrected chi connectivity index (χ2v) is 3.18. The number of halogens is 1. The van der Waals surface area contributed by atoms with Gasteiger partial charge in [0.1, 0.15) is 5.75 Å². The van der Waals surface area contributed by atoms with Crippen LogP contribution >= 0.6 is 12.4 Å². The third-order valence-corrected chi connectivity index (χ3v) is 2.48. The summed E-state index contributed by atoms with van der Waals surface area (Å²) in [4.78, 5) is 0. The molecule has 0 unspecified atom stereocenters. The fourth-order valence-electron chi connectivity index (χ4n) is 1.74. The molecule has 1 N–H and O–H groups in total. The second-order valence-electron chi connectivity index (χ2n) is 3.18. The Morgan fingerprint density at radius 1 is 1.36 bits per heavy atom. The zero-order valence-corrected chi connectivity index (χ0v) is 9.23. The Morgan fingerprint density at radius 3 is 2.79 bits per heavy atom. The number of rotatable bonds is 2. The van der Waals surface area contributed by atoms with E-state index in [0.29, 0.717) is 0 Å². The van der Waals surface area contributed by atoms with Crippen molar-refractivity contribution in [3.63, 3.8) is 0 Å². The molecule has 0 atom stereocenters. The van der Waals surface area contributed by atoms with E-state index in [1.54, 1.807) is 7.11 Å². The molecule has 0 aromatic heterocycles. The molecule has 0 fully saturated rings. The SMILES string of the molecule is CNN1Cc2cccc(OC)c2C1.Cl. The Bertz CT molecular complexity index is 317. The first-order valence-corrected chi connectivity index (χ1v) is 4.42. The van der Waals surface area contributed by atoms with Gasteiger partial charge in [0, 0.05) is 18.7 Å². The molecule has 0 aliphatic carbocycles. The van der Waals surface area contributed by atoms with Crippen LogP contribution in [0, 0.1) is 0 Å². The molecule has 14 heavy (non-hydrogen) atoms. The van der Waals surface area contributed by atoms with Crippen LogP contribution in [0.5, 0.6) is 5.75 Å². The standard InChI is InChI=1S/C10H14N2O.ClH/c1-11-12-6-8-4-3-5-10(13-2)9(8)7-12;/h3-5,11H,6-7H2,1-2H3;1H. The third kappa shape index (κ3) is 1.85. The van der Waals surface area contributed by atoms with Gasteiger partial charge in [-0.1, -0.05) is 12.1 Å². The zero-order chi connectivity index (χ0) is 9.26. The first kappa shape index (κ1) is 11.3. The number of hydrogen-bond acceptors (Lipinski definition) is 3. The number of nitrogens with zero attached hydrogens (tertiary/aromatic N) is 1. The number of nitrogens with one attached hydrogen (secondary N) is 1. The zero-order valence-electron chi connectivity index (χ0n) is 8.41. The average molecular weight is 215 g/mol. The van der Waals surface area contributed by atoms with Crippen LogP contribution in [-0.2, 0) is 13.1 Å². The van der Waals surface area contributed by atoms with Gasteiger partial charge in [-0.05, 0) is 18.7 Å². The lowest BCUT2D eigenvalue weighted by Gasteiger charge is -2.11. The van der Waals surface area contributed by atoms with E-state index in [1.165, 1.54) is 11.1 Å². The van der Waals surface area contributed by atoms with Gasteiger partial charge in [0.05, 0.1) is 7.11 Å². The molecule has 1 aromatic carbocycles. The highest BCUT2D eigenvalue weighted by Crippen LogP contribution is 2.29. The predicted octanol–water partition coefficient (Wildman–Crippen LogP) is 1.57. The number of hydrazine groups is 1. The van der Waals surface area contributed by atoms with Crippen molar-refractivity contribution in [1.82, 2.24) is 10.4 Å². The summed E-state index contributed by atoms with van der Waals surface area (Å²) < 4.78 is 5.30. The highest BCUT2D eigenvalue weighted by atomic mass is 35.5. The van der Waals surface area contributed by atoms with Gasteiger partial charge < -0.3 is 4.74 Å². The van der Waals surface area contributed by atoms with Crippen LogP contribution in [0.2, 0.25) is 0 Å². The highest BCUT2D eigenvalue weighted by Gasteiger charge is 2.20. The molecule has 1 aliphatic heterocycles. The Morgan fingerprint density at radius 2 is 2.14 bits per heavy atom. The molecule has 78 valence electrons. The molecular formula is C10H15ClN2O. The maximum Gasteiger partial charge on any atom is 0.123 e. The largest absolute Gasteiger partial charge is 0.496 e. The van der Waals surface area contributed by atoms with Crippen LogP contribution in [0.1, 0.15) is 11.1 Å². The van der Waals surface area contributed by atoms with Crippen molar-refractivity contribution in [3.05, 3.63) is 29.3 Å². The lowest BCUT2D eigenvalue weighted by molar-refractivity contribution is 0.211. The Kier molecular flexibility index (Phi) is 3.75. The third-order valence-electron chi connectivity index (χ3n) is 2.48. The Balaban J connectivity index is 0.000000980. The van der Waals surface area contributed by atoms with E-state index in [4.69, 9.17) is 4.74 Å². The van der Waals surface area contributed by atoms with E-state index in [9.17, 15) is 0 Å². The van der Waals surface area contributed by atoms with Gasteiger partial charge in [-0.15, -0.1) is 12.4 Å². The van der Waals surface area contributed by atoms with E-state index in [2.05, 4.69) is 16.5 Å². The summed E-state index contributed by atoms with van der Waals surface area (Å²) >= 11 is 0. The quantitative estimate of drug-likeness (QED) is 0.809. The molecule has 1 aliphatic rings. The number of benzene rings is 1. The minimum atomic E-state index is 0. The molecule has 1 aromatic rings. The van der Waals surface area contributed by atoms with Gasteiger partial charge in [0.2, 0.25) is 0 Å². The van der Waals surface area contributed by atoms with E-state index in [0.717, 1.165) is 18.8 Å². The summed E-state index contributed by atoms with van der Waals surface area (Å²) in [5, 5.41) is 2.16. The molecule has 1 heterocycles. The Labute approximate surface area is 90.4 Å². The number of methoxy groups -OCH3 is 1. The van der Waals surface area contributed by atoms with E-state index in [1.807, 2.05) is 19.2 Å². The molecule has 0 spiro atoms.